The van der Waals surface area contributed by atoms with Gasteiger partial charge in [0.2, 0.25) is 11.2 Å². The molecule has 4 rings (SSSR count). The number of rotatable bonds is 4. The van der Waals surface area contributed by atoms with Gasteiger partial charge in [-0.25, -0.2) is 0 Å². The number of benzene rings is 2. The van der Waals surface area contributed by atoms with Crippen molar-refractivity contribution in [2.24, 2.45) is 0 Å². The Balaban J connectivity index is 1.80. The van der Waals surface area contributed by atoms with Gasteiger partial charge in [0.05, 0.1) is 18.1 Å². The van der Waals surface area contributed by atoms with Gasteiger partial charge in [-0.15, -0.1) is 0 Å². The third-order valence-electron chi connectivity index (χ3n) is 4.98. The summed E-state index contributed by atoms with van der Waals surface area (Å²) in [7, 11) is 1.58. The van der Waals surface area contributed by atoms with Crippen molar-refractivity contribution in [3.05, 3.63) is 57.9 Å². The first kappa shape index (κ1) is 18.4. The first-order chi connectivity index (χ1) is 13.5. The Hall–Kier alpha value is -2.99. The molecule has 28 heavy (non-hydrogen) atoms. The molecule has 0 N–H and O–H groups in total. The average molecular weight is 381 g/mol. The van der Waals surface area contributed by atoms with E-state index in [0.717, 1.165) is 11.3 Å². The third kappa shape index (κ3) is 3.20. The number of hydrogen-bond acceptors (Lipinski definition) is 6. The van der Waals surface area contributed by atoms with Gasteiger partial charge in [0.15, 0.2) is 0 Å². The van der Waals surface area contributed by atoms with Crippen LogP contribution in [0.4, 0.5) is 0 Å². The van der Waals surface area contributed by atoms with Crippen LogP contribution >= 0.6 is 0 Å². The maximum atomic E-state index is 13.1. The maximum Gasteiger partial charge on any atom is 0.235 e. The van der Waals surface area contributed by atoms with Crippen molar-refractivity contribution in [2.45, 2.75) is 33.4 Å². The zero-order chi connectivity index (χ0) is 19.8. The standard InChI is InChI=1S/C22H23NO5/c1-13(2)23-11-18-19(26-12-23)9-8-17-20(24)21(14(3)27-22(17)18)28-16-7-5-6-15(10-16)25-4/h5-10,13H,11-12H2,1-4H3. The Morgan fingerprint density at radius 2 is 1.93 bits per heavy atom. The highest BCUT2D eigenvalue weighted by atomic mass is 16.5. The molecule has 2 heterocycles. The van der Waals surface area contributed by atoms with E-state index in [9.17, 15) is 4.79 Å². The number of aryl methyl sites for hydroxylation is 1. The number of ether oxygens (including phenoxy) is 3. The number of methoxy groups -OCH3 is 1. The second kappa shape index (κ2) is 7.20. The van der Waals surface area contributed by atoms with Gasteiger partial charge < -0.3 is 18.6 Å². The second-order valence-corrected chi connectivity index (χ2v) is 7.13. The van der Waals surface area contributed by atoms with Crippen molar-refractivity contribution in [1.82, 2.24) is 4.90 Å². The molecule has 2 aromatic carbocycles. The van der Waals surface area contributed by atoms with E-state index in [-0.39, 0.29) is 11.2 Å². The first-order valence-electron chi connectivity index (χ1n) is 9.26. The number of hydrogen-bond donors (Lipinski definition) is 0. The minimum atomic E-state index is -0.203. The van der Waals surface area contributed by atoms with E-state index in [1.807, 2.05) is 12.1 Å². The summed E-state index contributed by atoms with van der Waals surface area (Å²) in [4.78, 5) is 15.3. The summed E-state index contributed by atoms with van der Waals surface area (Å²) in [5.74, 6) is 2.53. The highest BCUT2D eigenvalue weighted by Gasteiger charge is 2.25. The molecule has 1 aliphatic heterocycles. The molecule has 6 nitrogen and oxygen atoms in total. The fraction of sp³-hybridized carbons (Fsp3) is 0.318. The Labute approximate surface area is 163 Å². The monoisotopic (exact) mass is 381 g/mol. The second-order valence-electron chi connectivity index (χ2n) is 7.13. The summed E-state index contributed by atoms with van der Waals surface area (Å²) in [5, 5.41) is 0.483. The van der Waals surface area contributed by atoms with E-state index in [4.69, 9.17) is 18.6 Å². The van der Waals surface area contributed by atoms with E-state index < -0.39 is 0 Å². The molecule has 0 fully saturated rings. The molecule has 0 unspecified atom stereocenters. The van der Waals surface area contributed by atoms with E-state index in [2.05, 4.69) is 18.7 Å². The summed E-state index contributed by atoms with van der Waals surface area (Å²) in [5.41, 5.74) is 1.25. The van der Waals surface area contributed by atoms with Crippen LogP contribution in [-0.4, -0.2) is 24.8 Å². The molecule has 0 spiro atoms. The molecule has 0 radical (unpaired) electrons. The first-order valence-corrected chi connectivity index (χ1v) is 9.26. The molecule has 0 saturated carbocycles. The summed E-state index contributed by atoms with van der Waals surface area (Å²) in [6, 6.07) is 11.0. The highest BCUT2D eigenvalue weighted by molar-refractivity contribution is 5.83. The van der Waals surface area contributed by atoms with Crippen LogP contribution in [0.15, 0.2) is 45.6 Å². The Morgan fingerprint density at radius 3 is 2.68 bits per heavy atom. The molecule has 3 aromatic rings. The summed E-state index contributed by atoms with van der Waals surface area (Å²) in [6.45, 7) is 7.15. The van der Waals surface area contributed by atoms with Crippen molar-refractivity contribution in [3.63, 3.8) is 0 Å². The van der Waals surface area contributed by atoms with Crippen LogP contribution in [0.2, 0.25) is 0 Å². The van der Waals surface area contributed by atoms with Gasteiger partial charge in [-0.1, -0.05) is 6.07 Å². The lowest BCUT2D eigenvalue weighted by Crippen LogP contribution is -2.37. The van der Waals surface area contributed by atoms with Crippen molar-refractivity contribution in [3.8, 4) is 23.0 Å². The summed E-state index contributed by atoms with van der Waals surface area (Å²) in [6.07, 6.45) is 0. The van der Waals surface area contributed by atoms with Crippen LogP contribution < -0.4 is 19.6 Å². The molecule has 6 heteroatoms. The SMILES string of the molecule is COc1cccc(Oc2c(C)oc3c4c(ccc3c2=O)OCN(C(C)C)C4)c1. The summed E-state index contributed by atoms with van der Waals surface area (Å²) < 4.78 is 23.0. The fourth-order valence-electron chi connectivity index (χ4n) is 3.31. The lowest BCUT2D eigenvalue weighted by molar-refractivity contribution is 0.0689. The molecule has 0 saturated heterocycles. The topological polar surface area (TPSA) is 61.1 Å². The van der Waals surface area contributed by atoms with Crippen molar-refractivity contribution < 1.29 is 18.6 Å². The predicted octanol–water partition coefficient (Wildman–Crippen LogP) is 4.46. The van der Waals surface area contributed by atoms with E-state index in [1.54, 1.807) is 38.3 Å². The van der Waals surface area contributed by atoms with Crippen molar-refractivity contribution in [1.29, 1.82) is 0 Å². The van der Waals surface area contributed by atoms with Crippen molar-refractivity contribution in [2.75, 3.05) is 13.8 Å². The maximum absolute atomic E-state index is 13.1. The molecule has 0 amide bonds. The predicted molar refractivity (Wildman–Crippen MR) is 106 cm³/mol. The average Bonchev–Trinajstić information content (AvgIpc) is 2.70. The van der Waals surface area contributed by atoms with Gasteiger partial charge in [-0.3, -0.25) is 9.69 Å². The Bertz CT molecular complexity index is 1090. The van der Waals surface area contributed by atoms with Gasteiger partial charge in [-0.2, -0.15) is 0 Å². The minimum absolute atomic E-state index is 0.179. The van der Waals surface area contributed by atoms with Crippen LogP contribution in [-0.2, 0) is 6.54 Å². The fourth-order valence-corrected chi connectivity index (χ4v) is 3.31. The van der Waals surface area contributed by atoms with Crippen LogP contribution in [0, 0.1) is 6.92 Å². The zero-order valence-electron chi connectivity index (χ0n) is 16.4. The quantitative estimate of drug-likeness (QED) is 0.665. The lowest BCUT2D eigenvalue weighted by atomic mass is 10.1. The highest BCUT2D eigenvalue weighted by Crippen LogP contribution is 2.35. The molecule has 1 aliphatic rings. The van der Waals surface area contributed by atoms with Crippen molar-refractivity contribution >= 4 is 11.0 Å². The molecular weight excluding hydrogens is 358 g/mol. The largest absolute Gasteiger partial charge is 0.497 e. The van der Waals surface area contributed by atoms with Gasteiger partial charge in [0.1, 0.15) is 35.3 Å². The molecule has 0 atom stereocenters. The number of fused-ring (bicyclic) bond motifs is 3. The zero-order valence-corrected chi connectivity index (χ0v) is 16.4. The van der Waals surface area contributed by atoms with Gasteiger partial charge in [-0.05, 0) is 45.0 Å². The van der Waals surface area contributed by atoms with Gasteiger partial charge in [0.25, 0.3) is 0 Å². The van der Waals surface area contributed by atoms with Crippen LogP contribution in [0.1, 0.15) is 25.2 Å². The molecule has 146 valence electrons. The number of nitrogens with zero attached hydrogens (tertiary/aromatic N) is 1. The molecule has 0 aliphatic carbocycles. The normalized spacial score (nSPS) is 14.0. The third-order valence-corrected chi connectivity index (χ3v) is 4.98. The van der Waals surface area contributed by atoms with Crippen LogP contribution in [0.5, 0.6) is 23.0 Å². The summed E-state index contributed by atoms with van der Waals surface area (Å²) >= 11 is 0. The van der Waals surface area contributed by atoms with Crippen LogP contribution in [0.3, 0.4) is 0 Å². The van der Waals surface area contributed by atoms with E-state index in [0.29, 0.717) is 47.5 Å². The van der Waals surface area contributed by atoms with Gasteiger partial charge >= 0.3 is 0 Å². The smallest absolute Gasteiger partial charge is 0.235 e. The Kier molecular flexibility index (Phi) is 4.73. The lowest BCUT2D eigenvalue weighted by Gasteiger charge is -2.32. The van der Waals surface area contributed by atoms with Gasteiger partial charge in [0, 0.05) is 18.7 Å². The van der Waals surface area contributed by atoms with Crippen LogP contribution in [0.25, 0.3) is 11.0 Å². The minimum Gasteiger partial charge on any atom is -0.497 e. The molecular formula is C22H23NO5. The van der Waals surface area contributed by atoms with E-state index >= 15 is 0 Å². The molecule has 0 bridgehead atoms. The molecule has 1 aromatic heterocycles. The Morgan fingerprint density at radius 1 is 1.14 bits per heavy atom. The van der Waals surface area contributed by atoms with E-state index in [1.165, 1.54) is 0 Å².